The lowest BCUT2D eigenvalue weighted by Gasteiger charge is -2.34. The van der Waals surface area contributed by atoms with Crippen molar-refractivity contribution in [3.05, 3.63) is 59.9 Å². The zero-order valence-electron chi connectivity index (χ0n) is 29.8. The molecule has 1 saturated carbocycles. The van der Waals surface area contributed by atoms with Gasteiger partial charge in [0.15, 0.2) is 12.4 Å². The zero-order chi connectivity index (χ0) is 38.2. The van der Waals surface area contributed by atoms with Gasteiger partial charge in [0.2, 0.25) is 5.91 Å². The lowest BCUT2D eigenvalue weighted by molar-refractivity contribution is -0.192. The van der Waals surface area contributed by atoms with E-state index in [0.717, 1.165) is 55.3 Å². The summed E-state index contributed by atoms with van der Waals surface area (Å²) in [6, 6.07) is 12.1. The number of nitrogens with one attached hydrogen (secondary N) is 2. The van der Waals surface area contributed by atoms with Crippen molar-refractivity contribution in [3.8, 4) is 22.6 Å². The average Bonchev–Trinajstić information content (AvgIpc) is 3.62. The van der Waals surface area contributed by atoms with Crippen LogP contribution in [-0.2, 0) is 43.2 Å². The van der Waals surface area contributed by atoms with Gasteiger partial charge in [0.1, 0.15) is 11.4 Å². The van der Waals surface area contributed by atoms with Crippen molar-refractivity contribution in [1.82, 2.24) is 20.0 Å². The molecule has 13 nitrogen and oxygen atoms in total. The van der Waals surface area contributed by atoms with E-state index in [-0.39, 0.29) is 30.2 Å². The molecule has 1 aliphatic heterocycles. The first-order chi connectivity index (χ1) is 25.5. The molecule has 53 heavy (non-hydrogen) atoms. The van der Waals surface area contributed by atoms with Crippen LogP contribution in [0.1, 0.15) is 49.7 Å². The van der Waals surface area contributed by atoms with Gasteiger partial charge in [-0.3, -0.25) is 14.3 Å². The van der Waals surface area contributed by atoms with Crippen LogP contribution in [0.15, 0.2) is 48.8 Å². The number of carbonyl (C=O) groups is 3. The van der Waals surface area contributed by atoms with E-state index in [1.165, 1.54) is 12.0 Å². The highest BCUT2D eigenvalue weighted by atomic mass is 19.4. The summed E-state index contributed by atoms with van der Waals surface area (Å²) in [5.74, 6) is -2.36. The van der Waals surface area contributed by atoms with Crippen LogP contribution in [0.3, 0.4) is 0 Å². The quantitative estimate of drug-likeness (QED) is 0.111. The molecular formula is C37H48F3N5O8. The van der Waals surface area contributed by atoms with Gasteiger partial charge in [-0.15, -0.1) is 0 Å². The van der Waals surface area contributed by atoms with E-state index in [2.05, 4.69) is 44.9 Å². The number of aromatic nitrogens is 2. The summed E-state index contributed by atoms with van der Waals surface area (Å²) in [6.45, 7) is 4.27. The number of phenols is 1. The number of aromatic hydroxyl groups is 1. The predicted molar refractivity (Wildman–Crippen MR) is 190 cm³/mol. The van der Waals surface area contributed by atoms with Crippen LogP contribution in [0.25, 0.3) is 11.1 Å². The van der Waals surface area contributed by atoms with Crippen LogP contribution in [0.2, 0.25) is 0 Å². The third-order valence-electron chi connectivity index (χ3n) is 8.92. The van der Waals surface area contributed by atoms with Gasteiger partial charge < -0.3 is 40.0 Å². The van der Waals surface area contributed by atoms with Crippen molar-refractivity contribution in [2.75, 3.05) is 58.5 Å². The number of rotatable bonds is 17. The van der Waals surface area contributed by atoms with Crippen molar-refractivity contribution in [3.63, 3.8) is 0 Å². The highest BCUT2D eigenvalue weighted by Gasteiger charge is 2.38. The summed E-state index contributed by atoms with van der Waals surface area (Å²) in [6.07, 6.45) is 6.31. The molecule has 2 amide bonds. The number of aliphatic carboxylic acids is 1. The summed E-state index contributed by atoms with van der Waals surface area (Å²) in [5.41, 5.74) is 4.63. The number of carboxylic acids is 1. The lowest BCUT2D eigenvalue weighted by Crippen LogP contribution is -2.45. The molecular weight excluding hydrogens is 699 g/mol. The Hall–Kier alpha value is -4.67. The predicted octanol–water partition coefficient (Wildman–Crippen LogP) is 4.81. The Morgan fingerprint density at radius 2 is 1.85 bits per heavy atom. The molecule has 16 heteroatoms. The van der Waals surface area contributed by atoms with Gasteiger partial charge in [0, 0.05) is 38.0 Å². The number of hydrogen-bond acceptors (Lipinski definition) is 9. The van der Waals surface area contributed by atoms with Crippen LogP contribution < -0.4 is 15.4 Å². The number of ether oxygens (including phenoxy) is 3. The summed E-state index contributed by atoms with van der Waals surface area (Å²) < 4.78 is 50.3. The van der Waals surface area contributed by atoms with Crippen LogP contribution in [-0.4, -0.2) is 108 Å². The molecule has 2 aromatic carbocycles. The van der Waals surface area contributed by atoms with E-state index in [1.807, 2.05) is 23.1 Å². The first kappa shape index (κ1) is 41.1. The number of phenolic OH excluding ortho intramolecular Hbond substituents is 1. The van der Waals surface area contributed by atoms with Crippen LogP contribution in [0.4, 0.5) is 18.9 Å². The minimum Gasteiger partial charge on any atom is -0.506 e. The Kier molecular flexibility index (Phi) is 15.9. The maximum absolute atomic E-state index is 13.4. The average molecular weight is 748 g/mol. The van der Waals surface area contributed by atoms with Crippen molar-refractivity contribution in [2.45, 2.75) is 70.1 Å². The largest absolute Gasteiger partial charge is 0.506 e. The van der Waals surface area contributed by atoms with Gasteiger partial charge in [-0.1, -0.05) is 49.6 Å². The molecule has 0 bridgehead atoms. The van der Waals surface area contributed by atoms with E-state index >= 15 is 0 Å². The second-order valence-electron chi connectivity index (χ2n) is 12.8. The van der Waals surface area contributed by atoms with E-state index in [4.69, 9.17) is 24.1 Å². The van der Waals surface area contributed by atoms with Gasteiger partial charge in [0.05, 0.1) is 39.0 Å². The van der Waals surface area contributed by atoms with Crippen LogP contribution >= 0.6 is 0 Å². The Labute approximate surface area is 306 Å². The standard InChI is InChI=1S/C35H47N5O6.C2HF3O2/c1-44-21-18-39-24-29(23-37-39)28-7-5-6-26(22-28)13-19-45-20-14-33(43)40(30-8-3-2-4-9-30)17-16-36-15-12-27-10-11-31(41)34-35(27)46-25-32(42)38-34;3-2(4,5)1(6)7/h5-7,10-11,22-24,30,36,41H,2-4,8-9,12-21,25H2,1H3,(H,38,42);(H,6,7). The molecule has 2 aliphatic rings. The zero-order valence-corrected chi connectivity index (χ0v) is 29.8. The first-order valence-electron chi connectivity index (χ1n) is 17.7. The van der Waals surface area contributed by atoms with Crippen molar-refractivity contribution in [2.24, 2.45) is 0 Å². The summed E-state index contributed by atoms with van der Waals surface area (Å²) in [4.78, 5) is 36.0. The van der Waals surface area contributed by atoms with Crippen LogP contribution in [0.5, 0.6) is 11.5 Å². The van der Waals surface area contributed by atoms with Crippen molar-refractivity contribution in [1.29, 1.82) is 0 Å². The number of benzene rings is 2. The summed E-state index contributed by atoms with van der Waals surface area (Å²) >= 11 is 0. The maximum atomic E-state index is 13.4. The number of nitrogens with zero attached hydrogens (tertiary/aromatic N) is 3. The number of carbonyl (C=O) groups excluding carboxylic acids is 2. The van der Waals surface area contributed by atoms with E-state index in [1.54, 1.807) is 13.2 Å². The minimum absolute atomic E-state index is 0.00182. The number of halogens is 3. The molecule has 1 aliphatic carbocycles. The number of amides is 2. The number of methoxy groups -OCH3 is 1. The Balaban J connectivity index is 0.000000815. The number of anilines is 1. The molecule has 0 atom stereocenters. The molecule has 3 aromatic rings. The molecule has 0 spiro atoms. The Bertz CT molecular complexity index is 1640. The molecule has 0 saturated heterocycles. The molecule has 290 valence electrons. The fourth-order valence-corrected chi connectivity index (χ4v) is 6.18. The SMILES string of the molecule is COCCn1cc(-c2cccc(CCOCCC(=O)N(CCNCCc3ccc(O)c4c3OCC(=O)N4)C3CCCCC3)c2)cn1.O=C(O)C(F)(F)F. The second kappa shape index (κ2) is 20.5. The fraction of sp³-hybridized carbons (Fsp3) is 0.514. The highest BCUT2D eigenvalue weighted by molar-refractivity contribution is 5.97. The van der Waals surface area contributed by atoms with Crippen LogP contribution in [0, 0.1) is 0 Å². The first-order valence-corrected chi connectivity index (χ1v) is 17.7. The fourth-order valence-electron chi connectivity index (χ4n) is 6.18. The van der Waals surface area contributed by atoms with E-state index in [9.17, 15) is 27.9 Å². The third-order valence-corrected chi connectivity index (χ3v) is 8.92. The second-order valence-corrected chi connectivity index (χ2v) is 12.8. The van der Waals surface area contributed by atoms with Crippen molar-refractivity contribution >= 4 is 23.5 Å². The van der Waals surface area contributed by atoms with Gasteiger partial charge in [-0.2, -0.15) is 18.3 Å². The highest BCUT2D eigenvalue weighted by Crippen LogP contribution is 2.39. The van der Waals surface area contributed by atoms with Crippen molar-refractivity contribution < 1.29 is 52.0 Å². The monoisotopic (exact) mass is 747 g/mol. The smallest absolute Gasteiger partial charge is 0.490 e. The van der Waals surface area contributed by atoms with E-state index < -0.39 is 12.1 Å². The topological polar surface area (TPSA) is 164 Å². The maximum Gasteiger partial charge on any atom is 0.490 e. The minimum atomic E-state index is -5.08. The Morgan fingerprint density at radius 3 is 2.58 bits per heavy atom. The number of hydrogen-bond donors (Lipinski definition) is 4. The molecule has 5 rings (SSSR count). The van der Waals surface area contributed by atoms with Gasteiger partial charge in [0.25, 0.3) is 5.91 Å². The molecule has 1 aromatic heterocycles. The van der Waals surface area contributed by atoms with Gasteiger partial charge in [-0.05, 0) is 55.0 Å². The normalized spacial score (nSPS) is 14.4. The molecule has 1 fully saturated rings. The Morgan fingerprint density at radius 1 is 1.08 bits per heavy atom. The van der Waals surface area contributed by atoms with Gasteiger partial charge >= 0.3 is 12.1 Å². The molecule has 0 unspecified atom stereocenters. The third kappa shape index (κ3) is 13.0. The van der Waals surface area contributed by atoms with E-state index in [0.29, 0.717) is 63.7 Å². The number of carboxylic acid groups (broad SMARTS) is 1. The molecule has 0 radical (unpaired) electrons. The molecule has 4 N–H and O–H groups in total. The molecule has 2 heterocycles. The number of fused-ring (bicyclic) bond motifs is 1. The number of alkyl halides is 3. The summed E-state index contributed by atoms with van der Waals surface area (Å²) in [5, 5.41) is 27.8. The lowest BCUT2D eigenvalue weighted by atomic mass is 9.94. The summed E-state index contributed by atoms with van der Waals surface area (Å²) in [7, 11) is 1.69. The van der Waals surface area contributed by atoms with Gasteiger partial charge in [-0.25, -0.2) is 4.79 Å².